The molecule has 0 aliphatic carbocycles. The van der Waals surface area contributed by atoms with Crippen LogP contribution in [-0.4, -0.2) is 11.8 Å². The fourth-order valence-electron chi connectivity index (χ4n) is 4.37. The van der Waals surface area contributed by atoms with Crippen molar-refractivity contribution in [2.45, 2.75) is 13.8 Å². The van der Waals surface area contributed by atoms with E-state index in [1.165, 1.54) is 0 Å². The second-order valence-corrected chi connectivity index (χ2v) is 9.10. The highest BCUT2D eigenvalue weighted by Crippen LogP contribution is 2.20. The van der Waals surface area contributed by atoms with E-state index in [0.717, 1.165) is 33.2 Å². The maximum absolute atomic E-state index is 13.0. The molecule has 3 aromatic carbocycles. The third kappa shape index (κ3) is 5.96. The minimum atomic E-state index is -0.269. The molecule has 0 saturated carbocycles. The second kappa shape index (κ2) is 12.2. The molecule has 0 radical (unpaired) electrons. The maximum atomic E-state index is 13.0. The maximum Gasteiger partial charge on any atom is 0.255 e. The van der Waals surface area contributed by atoms with Gasteiger partial charge in [0.15, 0.2) is 11.4 Å². The average molecular weight is 730 g/mol. The number of benzene rings is 3. The van der Waals surface area contributed by atoms with E-state index < -0.39 is 0 Å². The monoisotopic (exact) mass is 730 g/mol. The lowest BCUT2D eigenvalue weighted by Gasteiger charge is -2.09. The molecule has 38 heavy (non-hydrogen) atoms. The van der Waals surface area contributed by atoms with Crippen molar-refractivity contribution in [3.63, 3.8) is 0 Å². The predicted octanol–water partition coefficient (Wildman–Crippen LogP) is -1.23. The summed E-state index contributed by atoms with van der Waals surface area (Å²) in [6.45, 7) is 4.11. The van der Waals surface area contributed by atoms with Gasteiger partial charge in [-0.15, -0.1) is 0 Å². The van der Waals surface area contributed by atoms with Gasteiger partial charge in [0, 0.05) is 71.4 Å². The number of nitrogens with one attached hydrogen (secondary N) is 2. The van der Waals surface area contributed by atoms with Gasteiger partial charge in [-0.05, 0) is 54.6 Å². The Hall–Kier alpha value is -3.12. The number of aryl methyl sites for hydroxylation is 4. The molecular formula is C30H28I2N4O2. The molecule has 0 aliphatic heterocycles. The Bertz CT molecular complexity index is 1560. The minimum Gasteiger partial charge on any atom is -1.00 e. The molecule has 2 N–H and O–H groups in total. The van der Waals surface area contributed by atoms with Crippen molar-refractivity contribution < 1.29 is 66.7 Å². The molecule has 2 aromatic heterocycles. The predicted molar refractivity (Wildman–Crippen MR) is 142 cm³/mol. The number of hydrogen-bond acceptors (Lipinski definition) is 2. The fraction of sp³-hybridized carbons (Fsp3) is 0.133. The number of halogens is 2. The van der Waals surface area contributed by atoms with E-state index in [4.69, 9.17) is 0 Å². The average Bonchev–Trinajstić information content (AvgIpc) is 2.88. The molecule has 194 valence electrons. The van der Waals surface area contributed by atoms with E-state index in [1.807, 2.05) is 74.8 Å². The first-order valence-corrected chi connectivity index (χ1v) is 11.8. The van der Waals surface area contributed by atoms with Gasteiger partial charge < -0.3 is 58.6 Å². The summed E-state index contributed by atoms with van der Waals surface area (Å²) >= 11 is 0. The Balaban J connectivity index is 0.00000200. The zero-order valence-electron chi connectivity index (χ0n) is 21.5. The van der Waals surface area contributed by atoms with E-state index in [1.54, 1.807) is 24.3 Å². The highest BCUT2D eigenvalue weighted by atomic mass is 127. The molecule has 0 spiro atoms. The lowest BCUT2D eigenvalue weighted by atomic mass is 10.1. The summed E-state index contributed by atoms with van der Waals surface area (Å²) in [6, 6.07) is 26.6. The van der Waals surface area contributed by atoms with Crippen LogP contribution >= 0.6 is 0 Å². The normalized spacial score (nSPS) is 10.4. The van der Waals surface area contributed by atoms with Crippen molar-refractivity contribution >= 4 is 45.0 Å². The first-order chi connectivity index (χ1) is 17.3. The van der Waals surface area contributed by atoms with Crippen LogP contribution in [0.3, 0.4) is 0 Å². The Morgan fingerprint density at radius 2 is 1.00 bits per heavy atom. The molecule has 2 amide bonds. The first-order valence-electron chi connectivity index (χ1n) is 11.8. The summed E-state index contributed by atoms with van der Waals surface area (Å²) in [5, 5.41) is 7.97. The van der Waals surface area contributed by atoms with E-state index in [-0.39, 0.29) is 59.8 Å². The van der Waals surface area contributed by atoms with Gasteiger partial charge in [-0.1, -0.05) is 6.07 Å². The topological polar surface area (TPSA) is 66.0 Å². The molecule has 0 fully saturated rings. The molecule has 0 saturated heterocycles. The molecule has 5 aromatic rings. The van der Waals surface area contributed by atoms with Crippen LogP contribution in [0.15, 0.2) is 84.9 Å². The molecular weight excluding hydrogens is 702 g/mol. The minimum absolute atomic E-state index is 0. The van der Waals surface area contributed by atoms with Crippen molar-refractivity contribution in [1.29, 1.82) is 0 Å². The van der Waals surface area contributed by atoms with Crippen LogP contribution in [0.25, 0.3) is 21.8 Å². The molecule has 0 bridgehead atoms. The third-order valence-corrected chi connectivity index (χ3v) is 6.75. The summed E-state index contributed by atoms with van der Waals surface area (Å²) in [5.41, 5.74) is 6.71. The van der Waals surface area contributed by atoms with Gasteiger partial charge in [0.1, 0.15) is 14.1 Å². The number of amides is 2. The van der Waals surface area contributed by atoms with Crippen LogP contribution in [0.4, 0.5) is 11.4 Å². The van der Waals surface area contributed by atoms with Gasteiger partial charge in [-0.3, -0.25) is 9.59 Å². The largest absolute Gasteiger partial charge is 1.00 e. The summed E-state index contributed by atoms with van der Waals surface area (Å²) < 4.78 is 4.22. The Morgan fingerprint density at radius 1 is 0.579 bits per heavy atom. The highest BCUT2D eigenvalue weighted by molar-refractivity contribution is 6.09. The second-order valence-electron chi connectivity index (χ2n) is 9.10. The van der Waals surface area contributed by atoms with Gasteiger partial charge in [-0.2, -0.15) is 9.13 Å². The summed E-state index contributed by atoms with van der Waals surface area (Å²) in [4.78, 5) is 25.9. The van der Waals surface area contributed by atoms with Crippen LogP contribution in [0, 0.1) is 13.8 Å². The van der Waals surface area contributed by atoms with Crippen molar-refractivity contribution in [1.82, 2.24) is 0 Å². The molecule has 5 rings (SSSR count). The van der Waals surface area contributed by atoms with Gasteiger partial charge in [0.2, 0.25) is 11.0 Å². The van der Waals surface area contributed by atoms with E-state index in [0.29, 0.717) is 22.5 Å². The van der Waals surface area contributed by atoms with Crippen molar-refractivity contribution in [2.24, 2.45) is 14.1 Å². The van der Waals surface area contributed by atoms with Crippen molar-refractivity contribution in [2.75, 3.05) is 10.6 Å². The number of aromatic nitrogens is 2. The summed E-state index contributed by atoms with van der Waals surface area (Å²) in [7, 11) is 4.04. The number of carbonyl (C=O) groups excluding carboxylic acids is 2. The zero-order valence-corrected chi connectivity index (χ0v) is 25.9. The van der Waals surface area contributed by atoms with Crippen LogP contribution in [-0.2, 0) is 14.1 Å². The van der Waals surface area contributed by atoms with Gasteiger partial charge in [0.05, 0.1) is 0 Å². The SMILES string of the molecule is Cc1ccc2cc(NC(=O)c3cccc(C(=O)Nc4ccc5c(ccc(C)[n+]5C)c4)c3)ccc2[n+]1C.[I-].[I-]. The zero-order chi connectivity index (χ0) is 25.4. The number of fused-ring (bicyclic) bond motifs is 2. The number of anilines is 2. The lowest BCUT2D eigenvalue weighted by Crippen LogP contribution is -3.00. The van der Waals surface area contributed by atoms with E-state index in [9.17, 15) is 9.59 Å². The molecule has 0 atom stereocenters. The Kier molecular flexibility index (Phi) is 9.42. The fourth-order valence-corrected chi connectivity index (χ4v) is 4.37. The smallest absolute Gasteiger partial charge is 0.255 e. The third-order valence-electron chi connectivity index (χ3n) is 6.75. The highest BCUT2D eigenvalue weighted by Gasteiger charge is 2.14. The van der Waals surface area contributed by atoms with Gasteiger partial charge in [0.25, 0.3) is 11.8 Å². The number of nitrogens with zero attached hydrogens (tertiary/aromatic N) is 2. The van der Waals surface area contributed by atoms with E-state index >= 15 is 0 Å². The Morgan fingerprint density at radius 3 is 1.42 bits per heavy atom. The van der Waals surface area contributed by atoms with Crippen molar-refractivity contribution in [3.8, 4) is 0 Å². The molecule has 8 heteroatoms. The number of carbonyl (C=O) groups is 2. The quantitative estimate of drug-likeness (QED) is 0.180. The lowest BCUT2D eigenvalue weighted by molar-refractivity contribution is -0.651. The van der Waals surface area contributed by atoms with Crippen LogP contribution < -0.4 is 67.7 Å². The summed E-state index contributed by atoms with van der Waals surface area (Å²) in [6.07, 6.45) is 0. The number of hydrogen-bond donors (Lipinski definition) is 2. The van der Waals surface area contributed by atoms with E-state index in [2.05, 4.69) is 33.6 Å². The molecule has 0 aliphatic rings. The molecule has 2 heterocycles. The van der Waals surface area contributed by atoms with Crippen LogP contribution in [0.5, 0.6) is 0 Å². The molecule has 0 unspecified atom stereocenters. The van der Waals surface area contributed by atoms with Crippen LogP contribution in [0.2, 0.25) is 0 Å². The molecule has 6 nitrogen and oxygen atoms in total. The van der Waals surface area contributed by atoms with Gasteiger partial charge in [-0.25, -0.2) is 0 Å². The number of rotatable bonds is 4. The standard InChI is InChI=1S/C30H26N4O2.2HI/c1-19-8-10-21-17-25(12-14-27(21)33(19)3)31-29(35)23-6-5-7-24(16-23)30(36)32-26-13-15-28-22(18-26)11-9-20(2)34(28)4;;/h5-18H,1-4H3;2*1H. The summed E-state index contributed by atoms with van der Waals surface area (Å²) in [5.74, 6) is -0.539. The Labute approximate surface area is 256 Å². The van der Waals surface area contributed by atoms with Crippen molar-refractivity contribution in [3.05, 3.63) is 107 Å². The van der Waals surface area contributed by atoms with Gasteiger partial charge >= 0.3 is 0 Å². The van der Waals surface area contributed by atoms with Crippen LogP contribution in [0.1, 0.15) is 32.1 Å². The number of pyridine rings is 2. The first kappa shape index (κ1) is 29.4.